The summed E-state index contributed by atoms with van der Waals surface area (Å²) in [6.45, 7) is 0.0664. The normalized spacial score (nSPS) is 15.5. The van der Waals surface area contributed by atoms with Crippen LogP contribution in [0.5, 0.6) is 11.5 Å². The number of anilines is 1. The highest BCUT2D eigenvalue weighted by Gasteiger charge is 2.28. The van der Waals surface area contributed by atoms with E-state index in [0.717, 1.165) is 0 Å². The van der Waals surface area contributed by atoms with Crippen LogP contribution < -0.4 is 14.8 Å². The molecule has 0 fully saturated rings. The van der Waals surface area contributed by atoms with Crippen LogP contribution in [0.2, 0.25) is 5.02 Å². The van der Waals surface area contributed by atoms with Gasteiger partial charge in [0.2, 0.25) is 6.10 Å². The summed E-state index contributed by atoms with van der Waals surface area (Å²) in [7, 11) is 1.26. The van der Waals surface area contributed by atoms with Gasteiger partial charge in [-0.2, -0.15) is 0 Å². The summed E-state index contributed by atoms with van der Waals surface area (Å²) in [6.07, 6.45) is -0.843. The fraction of sp³-hybridized carbons (Fsp3) is 0.176. The summed E-state index contributed by atoms with van der Waals surface area (Å²) in [5.41, 5.74) is 0.453. The van der Waals surface area contributed by atoms with Crippen LogP contribution in [0.15, 0.2) is 42.5 Å². The number of esters is 1. The number of nitrogens with one attached hydrogen (secondary N) is 1. The third-order valence-electron chi connectivity index (χ3n) is 3.45. The summed E-state index contributed by atoms with van der Waals surface area (Å²) in [5, 5.41) is 3.02. The van der Waals surface area contributed by atoms with Crippen molar-refractivity contribution in [3.63, 3.8) is 0 Å². The zero-order valence-corrected chi connectivity index (χ0v) is 13.5. The predicted octanol–water partition coefficient (Wildman–Crippen LogP) is 2.91. The third-order valence-corrected chi connectivity index (χ3v) is 3.68. The van der Waals surface area contributed by atoms with E-state index in [4.69, 9.17) is 25.8 Å². The molecule has 24 heavy (non-hydrogen) atoms. The number of hydrogen-bond donors (Lipinski definition) is 1. The molecule has 1 unspecified atom stereocenters. The lowest BCUT2D eigenvalue weighted by atomic mass is 10.1. The lowest BCUT2D eigenvalue weighted by Gasteiger charge is -2.25. The molecule has 1 aliphatic heterocycles. The minimum absolute atomic E-state index is 0.0664. The van der Waals surface area contributed by atoms with E-state index in [2.05, 4.69) is 5.32 Å². The van der Waals surface area contributed by atoms with Crippen molar-refractivity contribution >= 4 is 29.2 Å². The molecular formula is C17H14ClNO5. The summed E-state index contributed by atoms with van der Waals surface area (Å²) >= 11 is 5.94. The van der Waals surface area contributed by atoms with Crippen LogP contribution >= 0.6 is 11.6 Å². The van der Waals surface area contributed by atoms with E-state index < -0.39 is 18.0 Å². The Balaban J connectivity index is 1.78. The molecule has 2 aromatic rings. The van der Waals surface area contributed by atoms with Crippen molar-refractivity contribution in [2.24, 2.45) is 0 Å². The van der Waals surface area contributed by atoms with E-state index in [1.54, 1.807) is 24.3 Å². The molecule has 2 aromatic carbocycles. The van der Waals surface area contributed by atoms with Gasteiger partial charge in [-0.3, -0.25) is 4.79 Å². The van der Waals surface area contributed by atoms with Gasteiger partial charge in [-0.1, -0.05) is 23.7 Å². The highest BCUT2D eigenvalue weighted by molar-refractivity contribution is 6.31. The Morgan fingerprint density at radius 2 is 1.96 bits per heavy atom. The highest BCUT2D eigenvalue weighted by atomic mass is 35.5. The number of ether oxygens (including phenoxy) is 3. The second-order valence-electron chi connectivity index (χ2n) is 5.03. The van der Waals surface area contributed by atoms with Crippen molar-refractivity contribution in [1.82, 2.24) is 0 Å². The molecule has 0 spiro atoms. The molecule has 1 heterocycles. The molecule has 7 heteroatoms. The van der Waals surface area contributed by atoms with E-state index in [1.807, 2.05) is 6.07 Å². The third kappa shape index (κ3) is 3.28. The van der Waals surface area contributed by atoms with Crippen LogP contribution in [-0.4, -0.2) is 31.7 Å². The first-order chi connectivity index (χ1) is 11.6. The Morgan fingerprint density at radius 3 is 2.71 bits per heavy atom. The first-order valence-corrected chi connectivity index (χ1v) is 7.53. The molecule has 1 atom stereocenters. The van der Waals surface area contributed by atoms with Gasteiger partial charge in [0.05, 0.1) is 18.4 Å². The molecule has 0 aromatic heterocycles. The fourth-order valence-electron chi connectivity index (χ4n) is 2.27. The van der Waals surface area contributed by atoms with E-state index in [1.165, 1.54) is 19.2 Å². The standard InChI is InChI=1S/C17H14ClNO5/c1-22-17(21)11-7-6-10(18)8-12(11)19-16(20)15-9-23-13-4-2-3-5-14(13)24-15/h2-8,15H,9H2,1H3,(H,19,20). The molecule has 6 nitrogen and oxygen atoms in total. The number of amides is 1. The van der Waals surface area contributed by atoms with Crippen molar-refractivity contribution in [2.75, 3.05) is 19.0 Å². The van der Waals surface area contributed by atoms with Crippen LogP contribution in [0.25, 0.3) is 0 Å². The Labute approximate surface area is 143 Å². The van der Waals surface area contributed by atoms with E-state index in [0.29, 0.717) is 16.5 Å². The van der Waals surface area contributed by atoms with Crippen LogP contribution in [0.1, 0.15) is 10.4 Å². The van der Waals surface area contributed by atoms with Gasteiger partial charge in [-0.05, 0) is 30.3 Å². The van der Waals surface area contributed by atoms with E-state index in [9.17, 15) is 9.59 Å². The number of halogens is 1. The van der Waals surface area contributed by atoms with Crippen molar-refractivity contribution in [2.45, 2.75) is 6.10 Å². The summed E-state index contributed by atoms with van der Waals surface area (Å²) in [5.74, 6) is 0.0489. The average Bonchev–Trinajstić information content (AvgIpc) is 2.60. The van der Waals surface area contributed by atoms with E-state index in [-0.39, 0.29) is 17.9 Å². The molecule has 0 radical (unpaired) electrons. The van der Waals surface area contributed by atoms with Crippen molar-refractivity contribution in [1.29, 1.82) is 0 Å². The first-order valence-electron chi connectivity index (χ1n) is 7.15. The van der Waals surface area contributed by atoms with Crippen LogP contribution in [0.4, 0.5) is 5.69 Å². The minimum Gasteiger partial charge on any atom is -0.485 e. The number of fused-ring (bicyclic) bond motifs is 1. The Hall–Kier alpha value is -2.73. The highest BCUT2D eigenvalue weighted by Crippen LogP contribution is 2.31. The monoisotopic (exact) mass is 347 g/mol. The molecule has 3 rings (SSSR count). The Bertz CT molecular complexity index is 792. The maximum atomic E-state index is 12.4. The number of para-hydroxylation sites is 2. The number of methoxy groups -OCH3 is 1. The molecule has 0 saturated heterocycles. The number of rotatable bonds is 3. The van der Waals surface area contributed by atoms with Gasteiger partial charge in [-0.25, -0.2) is 4.79 Å². The van der Waals surface area contributed by atoms with Gasteiger partial charge in [-0.15, -0.1) is 0 Å². The second kappa shape index (κ2) is 6.80. The molecule has 0 aliphatic carbocycles. The predicted molar refractivity (Wildman–Crippen MR) is 87.8 cm³/mol. The number of carbonyl (C=O) groups is 2. The number of hydrogen-bond acceptors (Lipinski definition) is 5. The summed E-state index contributed by atoms with van der Waals surface area (Å²) in [6, 6.07) is 11.6. The van der Waals surface area contributed by atoms with Gasteiger partial charge < -0.3 is 19.5 Å². The number of carbonyl (C=O) groups excluding carboxylic acids is 2. The molecule has 0 saturated carbocycles. The van der Waals surface area contributed by atoms with Gasteiger partial charge in [0, 0.05) is 5.02 Å². The van der Waals surface area contributed by atoms with Gasteiger partial charge in [0.1, 0.15) is 6.61 Å². The fourth-order valence-corrected chi connectivity index (χ4v) is 2.44. The quantitative estimate of drug-likeness (QED) is 0.864. The molecular weight excluding hydrogens is 334 g/mol. The van der Waals surface area contributed by atoms with Crippen LogP contribution in [0, 0.1) is 0 Å². The Morgan fingerprint density at radius 1 is 1.21 bits per heavy atom. The Kier molecular flexibility index (Phi) is 4.57. The molecule has 1 amide bonds. The molecule has 124 valence electrons. The zero-order chi connectivity index (χ0) is 17.1. The molecule has 1 N–H and O–H groups in total. The maximum absolute atomic E-state index is 12.4. The lowest BCUT2D eigenvalue weighted by molar-refractivity contribution is -0.125. The topological polar surface area (TPSA) is 73.9 Å². The number of benzene rings is 2. The summed E-state index contributed by atoms with van der Waals surface area (Å²) in [4.78, 5) is 24.2. The largest absolute Gasteiger partial charge is 0.485 e. The van der Waals surface area contributed by atoms with Gasteiger partial charge >= 0.3 is 5.97 Å². The van der Waals surface area contributed by atoms with Crippen LogP contribution in [-0.2, 0) is 9.53 Å². The summed E-state index contributed by atoms with van der Waals surface area (Å²) < 4.78 is 15.9. The van der Waals surface area contributed by atoms with E-state index >= 15 is 0 Å². The van der Waals surface area contributed by atoms with Gasteiger partial charge in [0.15, 0.2) is 11.5 Å². The lowest BCUT2D eigenvalue weighted by Crippen LogP contribution is -2.40. The second-order valence-corrected chi connectivity index (χ2v) is 5.47. The van der Waals surface area contributed by atoms with Crippen molar-refractivity contribution < 1.29 is 23.8 Å². The average molecular weight is 348 g/mol. The SMILES string of the molecule is COC(=O)c1ccc(Cl)cc1NC(=O)C1COc2ccccc2O1. The maximum Gasteiger partial charge on any atom is 0.339 e. The van der Waals surface area contributed by atoms with Crippen LogP contribution in [0.3, 0.4) is 0 Å². The minimum atomic E-state index is -0.843. The van der Waals surface area contributed by atoms with Gasteiger partial charge in [0.25, 0.3) is 5.91 Å². The molecule has 1 aliphatic rings. The van der Waals surface area contributed by atoms with Crippen molar-refractivity contribution in [3.05, 3.63) is 53.1 Å². The molecule has 0 bridgehead atoms. The zero-order valence-electron chi connectivity index (χ0n) is 12.7. The first kappa shape index (κ1) is 16.1. The van der Waals surface area contributed by atoms with Crippen molar-refractivity contribution in [3.8, 4) is 11.5 Å². The smallest absolute Gasteiger partial charge is 0.339 e.